The van der Waals surface area contributed by atoms with Gasteiger partial charge in [-0.05, 0) is 48.2 Å². The van der Waals surface area contributed by atoms with Crippen molar-refractivity contribution in [3.63, 3.8) is 0 Å². The van der Waals surface area contributed by atoms with Gasteiger partial charge in [-0.1, -0.05) is 84.6 Å². The number of rotatable bonds is 9. The molecule has 2 aliphatic rings. The van der Waals surface area contributed by atoms with E-state index in [1.807, 2.05) is 30.3 Å². The van der Waals surface area contributed by atoms with Crippen molar-refractivity contribution in [3.8, 4) is 0 Å². The normalized spacial score (nSPS) is 16.8. The Kier molecular flexibility index (Phi) is 8.68. The minimum absolute atomic E-state index is 0.00686. The zero-order valence-corrected chi connectivity index (χ0v) is 24.5. The molecule has 3 aromatic rings. The van der Waals surface area contributed by atoms with E-state index in [0.717, 1.165) is 31.2 Å². The summed E-state index contributed by atoms with van der Waals surface area (Å²) >= 11 is 12.6. The van der Waals surface area contributed by atoms with Crippen LogP contribution >= 0.6 is 23.2 Å². The third-order valence-electron chi connectivity index (χ3n) is 7.52. The van der Waals surface area contributed by atoms with Crippen molar-refractivity contribution in [2.24, 2.45) is 0 Å². The first-order valence-electron chi connectivity index (χ1n) is 13.4. The number of carbonyl (C=O) groups excluding carboxylic acids is 3. The first-order chi connectivity index (χ1) is 19.6. The van der Waals surface area contributed by atoms with E-state index in [1.165, 1.54) is 29.2 Å². The standard InChI is InChI=1S/C30H29Cl2N3O5S/c31-22-15-14-21(25(32)17-22)18-34(28(36)19-35-30(38)24-12-6-7-13-27(24)41(35,39)40)26(16-20-8-2-1-3-9-20)29(37)33-23-10-4-5-11-23/h1-3,6-9,12-15,17,23,26H,4-5,10-11,16,18-19H2,(H,33,37)/t26-/m0/s1. The van der Waals surface area contributed by atoms with Crippen LogP contribution in [0.1, 0.15) is 47.2 Å². The first kappa shape index (κ1) is 29.1. The van der Waals surface area contributed by atoms with E-state index in [-0.39, 0.29) is 35.4 Å². The number of carbonyl (C=O) groups is 3. The van der Waals surface area contributed by atoms with E-state index >= 15 is 0 Å². The Morgan fingerprint density at radius 1 is 0.976 bits per heavy atom. The van der Waals surface area contributed by atoms with Gasteiger partial charge >= 0.3 is 0 Å². The molecule has 0 saturated heterocycles. The molecular weight excluding hydrogens is 585 g/mol. The number of hydrogen-bond acceptors (Lipinski definition) is 5. The molecule has 1 N–H and O–H groups in total. The molecular formula is C30H29Cl2N3O5S. The summed E-state index contributed by atoms with van der Waals surface area (Å²) in [6.07, 6.45) is 3.88. The summed E-state index contributed by atoms with van der Waals surface area (Å²) in [5, 5.41) is 3.79. The van der Waals surface area contributed by atoms with Crippen LogP contribution in [0.15, 0.2) is 77.7 Å². The molecule has 0 aromatic heterocycles. The van der Waals surface area contributed by atoms with Crippen LogP contribution in [-0.4, -0.2) is 54.0 Å². The molecule has 1 fully saturated rings. The second-order valence-corrected chi connectivity index (χ2v) is 12.9. The molecule has 214 valence electrons. The maximum atomic E-state index is 14.1. The largest absolute Gasteiger partial charge is 0.352 e. The highest BCUT2D eigenvalue weighted by Crippen LogP contribution is 2.31. The van der Waals surface area contributed by atoms with Gasteiger partial charge in [0.15, 0.2) is 0 Å². The van der Waals surface area contributed by atoms with Crippen LogP contribution in [0.3, 0.4) is 0 Å². The van der Waals surface area contributed by atoms with Crippen LogP contribution in [0.5, 0.6) is 0 Å². The van der Waals surface area contributed by atoms with Gasteiger partial charge in [0.25, 0.3) is 15.9 Å². The minimum Gasteiger partial charge on any atom is -0.352 e. The Morgan fingerprint density at radius 3 is 2.34 bits per heavy atom. The molecule has 11 heteroatoms. The fourth-order valence-electron chi connectivity index (χ4n) is 5.36. The van der Waals surface area contributed by atoms with E-state index < -0.39 is 34.4 Å². The number of nitrogens with one attached hydrogen (secondary N) is 1. The van der Waals surface area contributed by atoms with E-state index in [4.69, 9.17) is 23.2 Å². The Balaban J connectivity index is 1.51. The average Bonchev–Trinajstić information content (AvgIpc) is 3.53. The second-order valence-electron chi connectivity index (χ2n) is 10.3. The monoisotopic (exact) mass is 613 g/mol. The molecule has 0 bridgehead atoms. The zero-order chi connectivity index (χ0) is 29.1. The molecule has 1 heterocycles. The lowest BCUT2D eigenvalue weighted by molar-refractivity contribution is -0.141. The van der Waals surface area contributed by atoms with E-state index in [1.54, 1.807) is 18.2 Å². The number of hydrogen-bond donors (Lipinski definition) is 1. The van der Waals surface area contributed by atoms with Gasteiger partial charge in [0.05, 0.1) is 5.56 Å². The number of fused-ring (bicyclic) bond motifs is 1. The van der Waals surface area contributed by atoms with E-state index in [9.17, 15) is 22.8 Å². The van der Waals surface area contributed by atoms with Crippen molar-refractivity contribution in [2.45, 2.75) is 55.6 Å². The minimum atomic E-state index is -4.24. The van der Waals surface area contributed by atoms with Crippen molar-refractivity contribution in [3.05, 3.63) is 99.5 Å². The first-order valence-corrected chi connectivity index (χ1v) is 15.6. The summed E-state index contributed by atoms with van der Waals surface area (Å²) in [5.41, 5.74) is 1.35. The van der Waals surface area contributed by atoms with Gasteiger partial charge < -0.3 is 10.2 Å². The van der Waals surface area contributed by atoms with Gasteiger partial charge in [0.1, 0.15) is 17.5 Å². The third kappa shape index (κ3) is 6.27. The molecule has 0 unspecified atom stereocenters. The Bertz CT molecular complexity index is 1580. The molecule has 5 rings (SSSR count). The van der Waals surface area contributed by atoms with Crippen LogP contribution in [0.2, 0.25) is 10.0 Å². The number of nitrogens with zero attached hydrogens (tertiary/aromatic N) is 2. The van der Waals surface area contributed by atoms with Crippen molar-refractivity contribution >= 4 is 50.9 Å². The van der Waals surface area contributed by atoms with Crippen molar-refractivity contribution in [1.29, 1.82) is 0 Å². The van der Waals surface area contributed by atoms with Crippen LogP contribution < -0.4 is 5.32 Å². The van der Waals surface area contributed by atoms with E-state index in [2.05, 4.69) is 5.32 Å². The van der Waals surface area contributed by atoms with Crippen molar-refractivity contribution in [2.75, 3.05) is 6.54 Å². The van der Waals surface area contributed by atoms with Crippen molar-refractivity contribution in [1.82, 2.24) is 14.5 Å². The Labute approximate surface area is 249 Å². The van der Waals surface area contributed by atoms with E-state index in [0.29, 0.717) is 19.9 Å². The summed E-state index contributed by atoms with van der Waals surface area (Å²) in [6, 6.07) is 18.9. The lowest BCUT2D eigenvalue weighted by Gasteiger charge is -2.33. The topological polar surface area (TPSA) is 104 Å². The molecule has 3 aromatic carbocycles. The van der Waals surface area contributed by atoms with Gasteiger partial charge in [-0.3, -0.25) is 14.4 Å². The van der Waals surface area contributed by atoms with Gasteiger partial charge in [-0.2, -0.15) is 0 Å². The fraction of sp³-hybridized carbons (Fsp3) is 0.300. The Hall–Kier alpha value is -3.40. The quantitative estimate of drug-likeness (QED) is 0.372. The highest BCUT2D eigenvalue weighted by molar-refractivity contribution is 7.90. The summed E-state index contributed by atoms with van der Waals surface area (Å²) in [6.45, 7) is -0.859. The number of amides is 3. The van der Waals surface area contributed by atoms with Crippen molar-refractivity contribution < 1.29 is 22.8 Å². The zero-order valence-electron chi connectivity index (χ0n) is 22.1. The SMILES string of the molecule is O=C(NC1CCCC1)[C@H](Cc1ccccc1)N(Cc1ccc(Cl)cc1Cl)C(=O)CN1C(=O)c2ccccc2S1(=O)=O. The maximum absolute atomic E-state index is 14.1. The van der Waals surface area contributed by atoms with Gasteiger partial charge in [0.2, 0.25) is 11.8 Å². The lowest BCUT2D eigenvalue weighted by Crippen LogP contribution is -2.54. The predicted molar refractivity (Wildman–Crippen MR) is 156 cm³/mol. The number of benzene rings is 3. The molecule has 1 atom stereocenters. The van der Waals surface area contributed by atoms with Gasteiger partial charge in [-0.25, -0.2) is 12.7 Å². The molecule has 1 aliphatic heterocycles. The lowest BCUT2D eigenvalue weighted by atomic mass is 10.0. The van der Waals surface area contributed by atoms with Crippen LogP contribution in [0.4, 0.5) is 0 Å². The molecule has 1 aliphatic carbocycles. The molecule has 1 saturated carbocycles. The van der Waals surface area contributed by atoms with Crippen LogP contribution in [0.25, 0.3) is 0 Å². The van der Waals surface area contributed by atoms with Gasteiger partial charge in [-0.15, -0.1) is 0 Å². The molecule has 41 heavy (non-hydrogen) atoms. The second kappa shape index (κ2) is 12.2. The average molecular weight is 615 g/mol. The highest BCUT2D eigenvalue weighted by atomic mass is 35.5. The van der Waals surface area contributed by atoms with Crippen LogP contribution in [-0.2, 0) is 32.6 Å². The Morgan fingerprint density at radius 2 is 1.66 bits per heavy atom. The molecule has 0 radical (unpaired) electrons. The summed E-state index contributed by atoms with van der Waals surface area (Å²) < 4.78 is 27.1. The highest BCUT2D eigenvalue weighted by Gasteiger charge is 2.43. The summed E-state index contributed by atoms with van der Waals surface area (Å²) in [7, 11) is -4.24. The molecule has 3 amide bonds. The number of sulfonamides is 1. The fourth-order valence-corrected chi connectivity index (χ4v) is 7.34. The maximum Gasteiger partial charge on any atom is 0.269 e. The van der Waals surface area contributed by atoms with Crippen LogP contribution in [0, 0.1) is 0 Å². The summed E-state index contributed by atoms with van der Waals surface area (Å²) in [5.74, 6) is -1.84. The summed E-state index contributed by atoms with van der Waals surface area (Å²) in [4.78, 5) is 42.2. The predicted octanol–water partition coefficient (Wildman–Crippen LogP) is 4.84. The molecule has 8 nitrogen and oxygen atoms in total. The third-order valence-corrected chi connectivity index (χ3v) is 9.89. The smallest absolute Gasteiger partial charge is 0.269 e. The van der Waals surface area contributed by atoms with Gasteiger partial charge in [0, 0.05) is 29.1 Å². The molecule has 0 spiro atoms. The number of halogens is 2.